The van der Waals surface area contributed by atoms with Crippen LogP contribution in [0.1, 0.15) is 51.7 Å². The lowest BCUT2D eigenvalue weighted by Crippen LogP contribution is -2.43. The fraction of sp³-hybridized carbons (Fsp3) is 0.357. The number of rotatable bonds is 4. The van der Waals surface area contributed by atoms with Crippen LogP contribution in [0.3, 0.4) is 0 Å². The summed E-state index contributed by atoms with van der Waals surface area (Å²) in [5.74, 6) is 1.22. The average Bonchev–Trinajstić information content (AvgIpc) is 2.97. The number of benzene rings is 2. The highest BCUT2D eigenvalue weighted by atomic mass is 35.5. The van der Waals surface area contributed by atoms with Crippen LogP contribution in [-0.4, -0.2) is 15.9 Å². The third-order valence-corrected chi connectivity index (χ3v) is 8.36. The topological polar surface area (TPSA) is 59.4 Å². The molecule has 2 aliphatic rings. The molecule has 33 heavy (non-hydrogen) atoms. The minimum Gasteiger partial charge on any atom is -0.511 e. The second kappa shape index (κ2) is 7.59. The van der Waals surface area contributed by atoms with Crippen molar-refractivity contribution in [2.24, 2.45) is 16.7 Å². The Morgan fingerprint density at radius 1 is 1.12 bits per heavy atom. The molecule has 0 aliphatic heterocycles. The molecule has 1 fully saturated rings. The number of aryl methyl sites for hydroxylation is 1. The Morgan fingerprint density at radius 3 is 2.67 bits per heavy atom. The molecule has 170 valence electrons. The maximum absolute atomic E-state index is 13.6. The molecular formula is C28H28ClNO3. The fourth-order valence-electron chi connectivity index (χ4n) is 5.63. The first-order chi connectivity index (χ1) is 15.7. The number of nitrogens with zero attached hydrogens (tertiary/aromatic N) is 1. The second-order valence-corrected chi connectivity index (χ2v) is 10.4. The van der Waals surface area contributed by atoms with E-state index in [1.165, 1.54) is 0 Å². The number of carbonyl (C=O) groups excluding carboxylic acids is 1. The molecule has 0 spiro atoms. The standard InChI is InChI=1S/C28H28ClNO3/c1-5-16-6-9-19(33-23-11-7-17-14-18(29)8-10-22(17)30-23)15-20(16)24-25(31)21-12-13-28(4,26(24)32)27(21,2)3/h6-11,14-15,21,32H,5,12-13H2,1-4H3/t21-,28-/m1/s1. The van der Waals surface area contributed by atoms with E-state index >= 15 is 0 Å². The number of ketones is 1. The molecular weight excluding hydrogens is 434 g/mol. The predicted molar refractivity (Wildman–Crippen MR) is 132 cm³/mol. The predicted octanol–water partition coefficient (Wildman–Crippen LogP) is 7.54. The molecule has 0 unspecified atom stereocenters. The van der Waals surface area contributed by atoms with E-state index in [2.05, 4.69) is 32.7 Å². The molecule has 2 aromatic carbocycles. The first kappa shape index (κ1) is 22.0. The zero-order valence-electron chi connectivity index (χ0n) is 19.4. The third-order valence-electron chi connectivity index (χ3n) is 8.13. The number of halogens is 1. The van der Waals surface area contributed by atoms with Crippen LogP contribution in [0.4, 0.5) is 0 Å². The van der Waals surface area contributed by atoms with E-state index in [9.17, 15) is 9.90 Å². The van der Waals surface area contributed by atoms with Crippen molar-refractivity contribution >= 4 is 33.9 Å². The maximum atomic E-state index is 13.6. The van der Waals surface area contributed by atoms with Gasteiger partial charge in [-0.25, -0.2) is 4.98 Å². The lowest BCUT2D eigenvalue weighted by atomic mass is 9.58. The summed E-state index contributed by atoms with van der Waals surface area (Å²) in [6, 6.07) is 15.0. The van der Waals surface area contributed by atoms with E-state index in [0.717, 1.165) is 41.3 Å². The molecule has 0 radical (unpaired) electrons. The lowest BCUT2D eigenvalue weighted by molar-refractivity contribution is -0.122. The normalized spacial score (nSPS) is 23.9. The van der Waals surface area contributed by atoms with Gasteiger partial charge in [-0.15, -0.1) is 0 Å². The Labute approximate surface area is 199 Å². The van der Waals surface area contributed by atoms with Crippen molar-refractivity contribution in [1.29, 1.82) is 0 Å². The van der Waals surface area contributed by atoms with Gasteiger partial charge in [-0.1, -0.05) is 45.4 Å². The smallest absolute Gasteiger partial charge is 0.219 e. The number of allylic oxidation sites excluding steroid dienone is 2. The molecule has 2 bridgehead atoms. The highest BCUT2D eigenvalue weighted by Gasteiger charge is 2.61. The molecule has 1 heterocycles. The van der Waals surface area contributed by atoms with E-state index in [0.29, 0.717) is 22.2 Å². The number of aliphatic hydroxyl groups excluding tert-OH is 1. The van der Waals surface area contributed by atoms with Crippen LogP contribution in [0.15, 0.2) is 54.3 Å². The quantitative estimate of drug-likeness (QED) is 0.436. The Hall–Kier alpha value is -2.85. The van der Waals surface area contributed by atoms with E-state index in [1.807, 2.05) is 36.4 Å². The Kier molecular flexibility index (Phi) is 5.06. The largest absolute Gasteiger partial charge is 0.511 e. The first-order valence-electron chi connectivity index (χ1n) is 11.5. The molecule has 2 atom stereocenters. The van der Waals surface area contributed by atoms with Gasteiger partial charge in [0.15, 0.2) is 5.78 Å². The molecule has 2 aliphatic carbocycles. The van der Waals surface area contributed by atoms with E-state index < -0.39 is 5.41 Å². The average molecular weight is 462 g/mol. The van der Waals surface area contributed by atoms with Crippen molar-refractivity contribution < 1.29 is 14.6 Å². The third kappa shape index (κ3) is 3.26. The number of ether oxygens (including phenoxy) is 1. The van der Waals surface area contributed by atoms with Gasteiger partial charge in [0.05, 0.1) is 11.1 Å². The second-order valence-electron chi connectivity index (χ2n) is 9.99. The van der Waals surface area contributed by atoms with Gasteiger partial charge in [0.2, 0.25) is 5.88 Å². The number of aliphatic hydroxyl groups is 1. The molecule has 1 N–H and O–H groups in total. The molecule has 0 amide bonds. The van der Waals surface area contributed by atoms with Crippen LogP contribution in [0.5, 0.6) is 11.6 Å². The Bertz CT molecular complexity index is 1330. The maximum Gasteiger partial charge on any atom is 0.219 e. The minimum atomic E-state index is -0.413. The summed E-state index contributed by atoms with van der Waals surface area (Å²) in [7, 11) is 0. The SMILES string of the molecule is CCc1ccc(Oc2ccc3cc(Cl)ccc3n2)cc1C1=C(O)[C@@]2(C)CC[C@H](C1=O)C2(C)C. The summed E-state index contributed by atoms with van der Waals surface area (Å²) >= 11 is 6.07. The van der Waals surface area contributed by atoms with Gasteiger partial charge in [0.25, 0.3) is 0 Å². The van der Waals surface area contributed by atoms with Gasteiger partial charge in [-0.3, -0.25) is 4.79 Å². The van der Waals surface area contributed by atoms with E-state index in [4.69, 9.17) is 16.3 Å². The number of Topliss-reactive ketones (excluding diaryl/α,β-unsaturated/α-hetero) is 1. The van der Waals surface area contributed by atoms with Gasteiger partial charge in [-0.05, 0) is 72.2 Å². The van der Waals surface area contributed by atoms with Crippen molar-refractivity contribution in [2.45, 2.75) is 47.0 Å². The number of fused-ring (bicyclic) bond motifs is 3. The van der Waals surface area contributed by atoms with Crippen LogP contribution in [0.25, 0.3) is 16.5 Å². The zero-order valence-corrected chi connectivity index (χ0v) is 20.2. The molecule has 5 rings (SSSR count). The number of pyridine rings is 1. The van der Waals surface area contributed by atoms with Gasteiger partial charge in [-0.2, -0.15) is 0 Å². The van der Waals surface area contributed by atoms with Crippen LogP contribution in [0.2, 0.25) is 5.02 Å². The molecule has 1 aromatic heterocycles. The van der Waals surface area contributed by atoms with Crippen molar-refractivity contribution in [3.63, 3.8) is 0 Å². The summed E-state index contributed by atoms with van der Waals surface area (Å²) in [6.07, 6.45) is 2.37. The van der Waals surface area contributed by atoms with Crippen LogP contribution >= 0.6 is 11.6 Å². The zero-order chi connectivity index (χ0) is 23.5. The van der Waals surface area contributed by atoms with Crippen molar-refractivity contribution in [3.8, 4) is 11.6 Å². The van der Waals surface area contributed by atoms with Crippen molar-refractivity contribution in [2.75, 3.05) is 0 Å². The van der Waals surface area contributed by atoms with Gasteiger partial charge in [0.1, 0.15) is 11.5 Å². The van der Waals surface area contributed by atoms with Crippen molar-refractivity contribution in [1.82, 2.24) is 4.98 Å². The number of carbonyl (C=O) groups is 1. The highest BCUT2D eigenvalue weighted by molar-refractivity contribution is 6.31. The summed E-state index contributed by atoms with van der Waals surface area (Å²) in [5.41, 5.74) is 2.35. The summed E-state index contributed by atoms with van der Waals surface area (Å²) < 4.78 is 6.09. The Balaban J connectivity index is 1.57. The molecule has 0 saturated heterocycles. The Morgan fingerprint density at radius 2 is 1.91 bits per heavy atom. The van der Waals surface area contributed by atoms with Gasteiger partial charge >= 0.3 is 0 Å². The lowest BCUT2D eigenvalue weighted by Gasteiger charge is -2.45. The van der Waals surface area contributed by atoms with E-state index in [-0.39, 0.29) is 22.9 Å². The molecule has 4 nitrogen and oxygen atoms in total. The van der Waals surface area contributed by atoms with Crippen LogP contribution in [0, 0.1) is 16.7 Å². The number of hydrogen-bond acceptors (Lipinski definition) is 4. The van der Waals surface area contributed by atoms with Crippen LogP contribution in [-0.2, 0) is 11.2 Å². The monoisotopic (exact) mass is 461 g/mol. The number of hydrogen-bond donors (Lipinski definition) is 1. The fourth-order valence-corrected chi connectivity index (χ4v) is 5.81. The summed E-state index contributed by atoms with van der Waals surface area (Å²) in [4.78, 5) is 18.2. The number of aromatic nitrogens is 1. The first-order valence-corrected chi connectivity index (χ1v) is 11.9. The van der Waals surface area contributed by atoms with Gasteiger partial charge < -0.3 is 9.84 Å². The van der Waals surface area contributed by atoms with Gasteiger partial charge in [0, 0.05) is 27.8 Å². The minimum absolute atomic E-state index is 0.0417. The molecule has 1 saturated carbocycles. The van der Waals surface area contributed by atoms with Crippen molar-refractivity contribution in [3.05, 3.63) is 70.4 Å². The highest BCUT2D eigenvalue weighted by Crippen LogP contribution is 2.64. The summed E-state index contributed by atoms with van der Waals surface area (Å²) in [5, 5.41) is 13.0. The van der Waals surface area contributed by atoms with Crippen LogP contribution < -0.4 is 4.74 Å². The molecule has 5 heteroatoms. The molecule has 3 aromatic rings. The summed E-state index contributed by atoms with van der Waals surface area (Å²) in [6.45, 7) is 8.36. The van der Waals surface area contributed by atoms with E-state index in [1.54, 1.807) is 12.1 Å².